The Morgan fingerprint density at radius 3 is 1.69 bits per heavy atom. The standard InChI is InChI=1S/C32H58N2O/c1-6-7-8-9-10-11-12-13-14-15-16-17-18-19-23-26-31(35)33-28-32(2,3)29-34(4,5)27-30-24-21-20-22-25-30/h20-22,24-25H,6-19,23,26-29H2,1-5H3/p+1. The summed E-state index contributed by atoms with van der Waals surface area (Å²) < 4.78 is 0.923. The molecule has 1 N–H and O–H groups in total. The fourth-order valence-electron chi connectivity index (χ4n) is 5.43. The summed E-state index contributed by atoms with van der Waals surface area (Å²) >= 11 is 0. The Hall–Kier alpha value is -1.35. The van der Waals surface area contributed by atoms with E-state index in [1.165, 1.54) is 95.5 Å². The predicted octanol–water partition coefficient (Wildman–Crippen LogP) is 8.67. The quantitative estimate of drug-likeness (QED) is 0.129. The molecule has 0 saturated carbocycles. The maximum absolute atomic E-state index is 12.4. The predicted molar refractivity (Wildman–Crippen MR) is 153 cm³/mol. The maximum atomic E-state index is 12.4. The fraction of sp³-hybridized carbons (Fsp3) is 0.781. The number of quaternary nitrogens is 1. The Bertz CT molecular complexity index is 638. The number of unbranched alkanes of at least 4 members (excludes halogenated alkanes) is 14. The summed E-state index contributed by atoms with van der Waals surface area (Å²) in [6, 6.07) is 10.7. The molecule has 35 heavy (non-hydrogen) atoms. The Labute approximate surface area is 219 Å². The van der Waals surface area contributed by atoms with Crippen molar-refractivity contribution in [2.45, 2.75) is 130 Å². The number of carbonyl (C=O) groups is 1. The molecular weight excluding hydrogens is 428 g/mol. The largest absolute Gasteiger partial charge is 0.355 e. The second kappa shape index (κ2) is 18.9. The molecule has 0 atom stereocenters. The van der Waals surface area contributed by atoms with Gasteiger partial charge in [0.25, 0.3) is 0 Å². The normalized spacial score (nSPS) is 12.1. The maximum Gasteiger partial charge on any atom is 0.220 e. The van der Waals surface area contributed by atoms with Crippen molar-refractivity contribution in [1.82, 2.24) is 5.32 Å². The first-order chi connectivity index (χ1) is 16.7. The van der Waals surface area contributed by atoms with Gasteiger partial charge in [0.2, 0.25) is 5.91 Å². The molecule has 0 bridgehead atoms. The van der Waals surface area contributed by atoms with E-state index in [0.717, 1.165) is 30.5 Å². The molecule has 1 aromatic rings. The van der Waals surface area contributed by atoms with Crippen molar-refractivity contribution in [2.75, 3.05) is 27.2 Å². The average molecular weight is 488 g/mol. The molecule has 0 aliphatic rings. The van der Waals surface area contributed by atoms with Gasteiger partial charge in [-0.25, -0.2) is 0 Å². The van der Waals surface area contributed by atoms with E-state index in [0.29, 0.717) is 6.42 Å². The topological polar surface area (TPSA) is 29.1 Å². The van der Waals surface area contributed by atoms with Gasteiger partial charge in [-0.05, 0) is 6.42 Å². The molecule has 1 rings (SSSR count). The average Bonchev–Trinajstić information content (AvgIpc) is 2.80. The van der Waals surface area contributed by atoms with E-state index in [4.69, 9.17) is 0 Å². The highest BCUT2D eigenvalue weighted by Gasteiger charge is 2.29. The summed E-state index contributed by atoms with van der Waals surface area (Å²) in [6.07, 6.45) is 21.0. The number of nitrogens with zero attached hydrogens (tertiary/aromatic N) is 1. The minimum atomic E-state index is 0.0724. The van der Waals surface area contributed by atoms with Gasteiger partial charge in [-0.1, -0.05) is 141 Å². The molecule has 0 aliphatic heterocycles. The number of benzene rings is 1. The minimum Gasteiger partial charge on any atom is -0.355 e. The van der Waals surface area contributed by atoms with Crippen LogP contribution >= 0.6 is 0 Å². The van der Waals surface area contributed by atoms with Crippen LogP contribution in [0.1, 0.15) is 129 Å². The van der Waals surface area contributed by atoms with Crippen LogP contribution in [0.15, 0.2) is 30.3 Å². The summed E-state index contributed by atoms with van der Waals surface area (Å²) in [5, 5.41) is 3.21. The van der Waals surface area contributed by atoms with Crippen molar-refractivity contribution in [3.05, 3.63) is 35.9 Å². The number of hydrogen-bond acceptors (Lipinski definition) is 1. The second-order valence-corrected chi connectivity index (χ2v) is 12.4. The van der Waals surface area contributed by atoms with Crippen LogP contribution in [-0.2, 0) is 11.3 Å². The van der Waals surface area contributed by atoms with E-state index in [-0.39, 0.29) is 11.3 Å². The fourth-order valence-corrected chi connectivity index (χ4v) is 5.43. The molecule has 0 unspecified atom stereocenters. The van der Waals surface area contributed by atoms with Crippen molar-refractivity contribution in [2.24, 2.45) is 5.41 Å². The first-order valence-corrected chi connectivity index (χ1v) is 14.9. The first-order valence-electron chi connectivity index (χ1n) is 14.9. The Morgan fingerprint density at radius 1 is 0.743 bits per heavy atom. The highest BCUT2D eigenvalue weighted by atomic mass is 16.1. The summed E-state index contributed by atoms with van der Waals surface area (Å²) in [5.41, 5.74) is 1.44. The van der Waals surface area contributed by atoms with Crippen molar-refractivity contribution < 1.29 is 9.28 Å². The Morgan fingerprint density at radius 2 is 1.20 bits per heavy atom. The third-order valence-electron chi connectivity index (χ3n) is 7.08. The molecule has 0 aromatic heterocycles. The molecule has 1 amide bonds. The van der Waals surface area contributed by atoms with Crippen LogP contribution in [0.5, 0.6) is 0 Å². The molecule has 0 spiro atoms. The van der Waals surface area contributed by atoms with E-state index in [1.807, 2.05) is 0 Å². The van der Waals surface area contributed by atoms with Gasteiger partial charge in [0.05, 0.1) is 20.6 Å². The molecule has 0 heterocycles. The molecule has 0 radical (unpaired) electrons. The van der Waals surface area contributed by atoms with Crippen molar-refractivity contribution >= 4 is 5.91 Å². The van der Waals surface area contributed by atoms with Crippen molar-refractivity contribution in [1.29, 1.82) is 0 Å². The van der Waals surface area contributed by atoms with Crippen LogP contribution in [0.3, 0.4) is 0 Å². The van der Waals surface area contributed by atoms with Gasteiger partial charge < -0.3 is 9.80 Å². The van der Waals surface area contributed by atoms with E-state index < -0.39 is 0 Å². The molecule has 202 valence electrons. The molecule has 3 heteroatoms. The van der Waals surface area contributed by atoms with Crippen LogP contribution in [0.4, 0.5) is 0 Å². The minimum absolute atomic E-state index is 0.0724. The van der Waals surface area contributed by atoms with Crippen molar-refractivity contribution in [3.8, 4) is 0 Å². The lowest BCUT2D eigenvalue weighted by Crippen LogP contribution is -2.49. The lowest BCUT2D eigenvalue weighted by atomic mass is 9.91. The third-order valence-corrected chi connectivity index (χ3v) is 7.08. The van der Waals surface area contributed by atoms with E-state index in [9.17, 15) is 4.79 Å². The Kier molecular flexibility index (Phi) is 17.1. The zero-order valence-corrected chi connectivity index (χ0v) is 24.2. The summed E-state index contributed by atoms with van der Waals surface area (Å²) in [7, 11) is 4.57. The second-order valence-electron chi connectivity index (χ2n) is 12.4. The molecular formula is C32H59N2O+. The number of amides is 1. The number of carbonyl (C=O) groups excluding carboxylic acids is 1. The van der Waals surface area contributed by atoms with E-state index >= 15 is 0 Å². The summed E-state index contributed by atoms with van der Waals surface area (Å²) in [6.45, 7) is 9.62. The first kappa shape index (κ1) is 31.7. The molecule has 0 saturated heterocycles. The van der Waals surface area contributed by atoms with Crippen LogP contribution in [0, 0.1) is 5.41 Å². The highest BCUT2D eigenvalue weighted by Crippen LogP contribution is 2.21. The van der Waals surface area contributed by atoms with Crippen LogP contribution in [0.25, 0.3) is 0 Å². The van der Waals surface area contributed by atoms with Gasteiger partial charge in [0.15, 0.2) is 0 Å². The van der Waals surface area contributed by atoms with Gasteiger partial charge in [-0.15, -0.1) is 0 Å². The smallest absolute Gasteiger partial charge is 0.220 e. The van der Waals surface area contributed by atoms with Gasteiger partial charge in [0, 0.05) is 23.9 Å². The number of rotatable bonds is 22. The van der Waals surface area contributed by atoms with E-state index in [1.54, 1.807) is 0 Å². The zero-order valence-electron chi connectivity index (χ0n) is 24.2. The zero-order chi connectivity index (χ0) is 25.8. The Balaban J connectivity index is 1.99. The summed E-state index contributed by atoms with van der Waals surface area (Å²) in [4.78, 5) is 12.4. The van der Waals surface area contributed by atoms with Gasteiger partial charge in [0.1, 0.15) is 6.54 Å². The highest BCUT2D eigenvalue weighted by molar-refractivity contribution is 5.75. The molecule has 0 fully saturated rings. The summed E-state index contributed by atoms with van der Waals surface area (Å²) in [5.74, 6) is 0.223. The van der Waals surface area contributed by atoms with Gasteiger partial charge in [-0.3, -0.25) is 4.79 Å². The molecule has 3 nitrogen and oxygen atoms in total. The lowest BCUT2D eigenvalue weighted by molar-refractivity contribution is -0.909. The van der Waals surface area contributed by atoms with Gasteiger partial charge in [-0.2, -0.15) is 0 Å². The third kappa shape index (κ3) is 18.6. The van der Waals surface area contributed by atoms with Crippen LogP contribution < -0.4 is 5.32 Å². The number of hydrogen-bond donors (Lipinski definition) is 1. The lowest BCUT2D eigenvalue weighted by Gasteiger charge is -2.37. The van der Waals surface area contributed by atoms with E-state index in [2.05, 4.69) is 70.5 Å². The van der Waals surface area contributed by atoms with Crippen molar-refractivity contribution in [3.63, 3.8) is 0 Å². The number of nitrogens with one attached hydrogen (secondary N) is 1. The SMILES string of the molecule is CCCCCCCCCCCCCCCCCC(=O)NCC(C)(C)C[N+](C)(C)Cc1ccccc1. The molecule has 1 aromatic carbocycles. The molecule has 0 aliphatic carbocycles. The van der Waals surface area contributed by atoms with Gasteiger partial charge >= 0.3 is 0 Å². The monoisotopic (exact) mass is 487 g/mol. The van der Waals surface area contributed by atoms with Crippen LogP contribution in [-0.4, -0.2) is 37.6 Å². The van der Waals surface area contributed by atoms with Crippen LogP contribution in [0.2, 0.25) is 0 Å².